The van der Waals surface area contributed by atoms with Gasteiger partial charge in [-0.05, 0) is 39.0 Å². The van der Waals surface area contributed by atoms with Gasteiger partial charge in [0.15, 0.2) is 0 Å². The molecule has 0 saturated carbocycles. The first kappa shape index (κ1) is 17.2. The van der Waals surface area contributed by atoms with Crippen LogP contribution in [0.15, 0.2) is 41.7 Å². The number of rotatable bonds is 4. The summed E-state index contributed by atoms with van der Waals surface area (Å²) in [6.45, 7) is 5.29. The number of phenols is 1. The molecule has 2 N–H and O–H groups in total. The summed E-state index contributed by atoms with van der Waals surface area (Å²) in [5.74, 6) is -0.443. The van der Waals surface area contributed by atoms with Crippen LogP contribution in [-0.2, 0) is 4.84 Å². The molecule has 0 aliphatic rings. The van der Waals surface area contributed by atoms with E-state index in [0.29, 0.717) is 0 Å². The van der Waals surface area contributed by atoms with Gasteiger partial charge in [0.25, 0.3) is 5.69 Å². The molecule has 126 valence electrons. The van der Waals surface area contributed by atoms with Crippen molar-refractivity contribution in [3.63, 3.8) is 0 Å². The largest absolute Gasteiger partial charge is 0.507 e. The maximum Gasteiger partial charge on any atom is 0.270 e. The summed E-state index contributed by atoms with van der Waals surface area (Å²) in [4.78, 5) is 19.8. The summed E-state index contributed by atoms with van der Waals surface area (Å²) in [7, 11) is 0. The zero-order chi connectivity index (χ0) is 17.9. The summed E-state index contributed by atoms with van der Waals surface area (Å²) in [5, 5.41) is 35.1. The van der Waals surface area contributed by atoms with Crippen molar-refractivity contribution in [3.8, 4) is 11.5 Å². The van der Waals surface area contributed by atoms with E-state index in [1.54, 1.807) is 20.8 Å². The van der Waals surface area contributed by atoms with Crippen molar-refractivity contribution in [1.82, 2.24) is 4.98 Å². The molecule has 0 atom stereocenters. The summed E-state index contributed by atoms with van der Waals surface area (Å²) < 4.78 is 0. The SMILES string of the molecule is CC(C)(C)ON=C(c1cc([N+](=O)[O-])ccc1O)c1ncccc1O. The Labute approximate surface area is 138 Å². The zero-order valence-corrected chi connectivity index (χ0v) is 13.4. The fourth-order valence-corrected chi connectivity index (χ4v) is 1.81. The molecule has 0 radical (unpaired) electrons. The second kappa shape index (κ2) is 6.53. The number of phenolic OH excluding ortho intramolecular Hbond substituents is 1. The molecule has 0 aliphatic heterocycles. The molecule has 1 aromatic carbocycles. The summed E-state index contributed by atoms with van der Waals surface area (Å²) >= 11 is 0. The second-order valence-electron chi connectivity index (χ2n) is 5.97. The van der Waals surface area contributed by atoms with E-state index >= 15 is 0 Å². The van der Waals surface area contributed by atoms with Crippen LogP contribution < -0.4 is 0 Å². The van der Waals surface area contributed by atoms with E-state index in [9.17, 15) is 20.3 Å². The minimum Gasteiger partial charge on any atom is -0.507 e. The highest BCUT2D eigenvalue weighted by Gasteiger charge is 2.22. The Morgan fingerprint density at radius 1 is 1.25 bits per heavy atom. The molecule has 8 heteroatoms. The van der Waals surface area contributed by atoms with Crippen molar-refractivity contribution in [2.24, 2.45) is 5.16 Å². The Morgan fingerprint density at radius 2 is 1.96 bits per heavy atom. The van der Waals surface area contributed by atoms with Crippen molar-refractivity contribution in [3.05, 3.63) is 57.9 Å². The molecule has 1 aromatic heterocycles. The molecular weight excluding hydrogens is 314 g/mol. The van der Waals surface area contributed by atoms with Gasteiger partial charge in [-0.2, -0.15) is 0 Å². The summed E-state index contributed by atoms with van der Waals surface area (Å²) in [6.07, 6.45) is 1.43. The molecule has 8 nitrogen and oxygen atoms in total. The minimum absolute atomic E-state index is 0.00998. The molecule has 2 aromatic rings. The molecule has 2 rings (SSSR count). The molecule has 0 unspecified atom stereocenters. The number of nitro groups is 1. The lowest BCUT2D eigenvalue weighted by atomic mass is 10.0. The lowest BCUT2D eigenvalue weighted by molar-refractivity contribution is -0.384. The summed E-state index contributed by atoms with van der Waals surface area (Å²) in [5.41, 5.74) is -0.822. The topological polar surface area (TPSA) is 118 Å². The molecule has 0 saturated heterocycles. The molecule has 0 aliphatic carbocycles. The van der Waals surface area contributed by atoms with E-state index in [2.05, 4.69) is 10.1 Å². The smallest absolute Gasteiger partial charge is 0.270 e. The van der Waals surface area contributed by atoms with Gasteiger partial charge in [-0.15, -0.1) is 0 Å². The molecule has 0 spiro atoms. The van der Waals surface area contributed by atoms with E-state index < -0.39 is 10.5 Å². The number of aromatic hydroxyl groups is 2. The van der Waals surface area contributed by atoms with Crippen LogP contribution in [0.1, 0.15) is 32.0 Å². The van der Waals surface area contributed by atoms with Crippen molar-refractivity contribution >= 4 is 11.4 Å². The van der Waals surface area contributed by atoms with E-state index in [1.807, 2.05) is 0 Å². The average Bonchev–Trinajstić information content (AvgIpc) is 2.49. The third-order valence-corrected chi connectivity index (χ3v) is 2.87. The fourth-order valence-electron chi connectivity index (χ4n) is 1.81. The lowest BCUT2D eigenvalue weighted by Gasteiger charge is -2.17. The van der Waals surface area contributed by atoms with E-state index in [4.69, 9.17) is 4.84 Å². The van der Waals surface area contributed by atoms with Crippen molar-refractivity contribution in [1.29, 1.82) is 0 Å². The first-order chi connectivity index (χ1) is 11.2. The molecule has 0 amide bonds. The van der Waals surface area contributed by atoms with Gasteiger partial charge in [0.1, 0.15) is 28.5 Å². The lowest BCUT2D eigenvalue weighted by Crippen LogP contribution is -2.18. The Morgan fingerprint density at radius 3 is 2.54 bits per heavy atom. The monoisotopic (exact) mass is 331 g/mol. The van der Waals surface area contributed by atoms with Gasteiger partial charge in [-0.3, -0.25) is 15.1 Å². The van der Waals surface area contributed by atoms with Gasteiger partial charge in [-0.25, -0.2) is 0 Å². The summed E-state index contributed by atoms with van der Waals surface area (Å²) in [6, 6.07) is 6.41. The van der Waals surface area contributed by atoms with Crippen LogP contribution in [0, 0.1) is 10.1 Å². The maximum absolute atomic E-state index is 11.0. The third kappa shape index (κ3) is 3.97. The number of pyridine rings is 1. The third-order valence-electron chi connectivity index (χ3n) is 2.87. The number of benzene rings is 1. The normalized spacial score (nSPS) is 12.0. The predicted molar refractivity (Wildman–Crippen MR) is 87.1 cm³/mol. The number of non-ortho nitro benzene ring substituents is 1. The van der Waals surface area contributed by atoms with Gasteiger partial charge in [0.2, 0.25) is 0 Å². The first-order valence-corrected chi connectivity index (χ1v) is 7.07. The van der Waals surface area contributed by atoms with E-state index in [-0.39, 0.29) is 34.2 Å². The van der Waals surface area contributed by atoms with Gasteiger partial charge in [-0.1, -0.05) is 5.16 Å². The molecule has 0 bridgehead atoms. The second-order valence-corrected chi connectivity index (χ2v) is 5.97. The van der Waals surface area contributed by atoms with Crippen molar-refractivity contribution in [2.45, 2.75) is 26.4 Å². The predicted octanol–water partition coefficient (Wildman–Crippen LogP) is 2.97. The van der Waals surface area contributed by atoms with E-state index in [0.717, 1.165) is 6.07 Å². The highest BCUT2D eigenvalue weighted by molar-refractivity contribution is 6.14. The fraction of sp³-hybridized carbons (Fsp3) is 0.250. The number of nitrogens with zero attached hydrogens (tertiary/aromatic N) is 3. The van der Waals surface area contributed by atoms with Crippen molar-refractivity contribution < 1.29 is 20.0 Å². The molecule has 0 fully saturated rings. The van der Waals surface area contributed by atoms with Gasteiger partial charge >= 0.3 is 0 Å². The number of hydrogen-bond donors (Lipinski definition) is 2. The Balaban J connectivity index is 2.65. The van der Waals surface area contributed by atoms with Crippen LogP contribution in [0.4, 0.5) is 5.69 Å². The van der Waals surface area contributed by atoms with Crippen LogP contribution in [0.3, 0.4) is 0 Å². The number of oxime groups is 1. The van der Waals surface area contributed by atoms with Crippen LogP contribution >= 0.6 is 0 Å². The van der Waals surface area contributed by atoms with Crippen LogP contribution in [0.25, 0.3) is 0 Å². The quantitative estimate of drug-likeness (QED) is 0.505. The Hall–Kier alpha value is -3.16. The molecule has 24 heavy (non-hydrogen) atoms. The minimum atomic E-state index is -0.647. The molecular formula is C16H17N3O5. The van der Waals surface area contributed by atoms with E-state index in [1.165, 1.54) is 30.5 Å². The van der Waals surface area contributed by atoms with Crippen LogP contribution in [0.2, 0.25) is 0 Å². The van der Waals surface area contributed by atoms with Crippen LogP contribution in [-0.4, -0.2) is 31.4 Å². The standard InChI is InChI=1S/C16H17N3O5/c1-16(2,3)24-18-14(15-13(21)5-4-8-17-15)11-9-10(19(22)23)6-7-12(11)20/h4-9,20-21H,1-3H3. The zero-order valence-electron chi connectivity index (χ0n) is 13.4. The highest BCUT2D eigenvalue weighted by Crippen LogP contribution is 2.28. The van der Waals surface area contributed by atoms with Gasteiger partial charge in [0, 0.05) is 18.3 Å². The van der Waals surface area contributed by atoms with Crippen molar-refractivity contribution in [2.75, 3.05) is 0 Å². The molecule has 1 heterocycles. The Kier molecular flexibility index (Phi) is 4.68. The number of nitro benzene ring substituents is 1. The van der Waals surface area contributed by atoms with Crippen LogP contribution in [0.5, 0.6) is 11.5 Å². The maximum atomic E-state index is 11.0. The highest BCUT2D eigenvalue weighted by atomic mass is 16.6. The van der Waals surface area contributed by atoms with Gasteiger partial charge < -0.3 is 15.1 Å². The number of aromatic nitrogens is 1. The van der Waals surface area contributed by atoms with Gasteiger partial charge in [0.05, 0.1) is 10.5 Å². The Bertz CT molecular complexity index is 797. The average molecular weight is 331 g/mol. The first-order valence-electron chi connectivity index (χ1n) is 7.07. The number of hydrogen-bond acceptors (Lipinski definition) is 7.